The van der Waals surface area contributed by atoms with Gasteiger partial charge >= 0.3 is 6.03 Å². The number of nitrogens with zero attached hydrogens (tertiary/aromatic N) is 1. The van der Waals surface area contributed by atoms with Gasteiger partial charge < -0.3 is 10.2 Å². The Bertz CT molecular complexity index is 233. The van der Waals surface area contributed by atoms with E-state index in [1.807, 2.05) is 0 Å². The van der Waals surface area contributed by atoms with Gasteiger partial charge in [-0.15, -0.1) is 11.6 Å². The fourth-order valence-corrected chi connectivity index (χ4v) is 1.54. The third kappa shape index (κ3) is 8.94. The number of alkyl halides is 1. The van der Waals surface area contributed by atoms with Crippen molar-refractivity contribution in [1.82, 2.24) is 15.5 Å². The van der Waals surface area contributed by atoms with Crippen molar-refractivity contribution in [3.05, 3.63) is 0 Å². The minimum absolute atomic E-state index is 0.161. The summed E-state index contributed by atoms with van der Waals surface area (Å²) in [4.78, 5) is 24.5. The Hall–Kier alpha value is -0.810. The van der Waals surface area contributed by atoms with E-state index in [-0.39, 0.29) is 18.2 Å². The average molecular weight is 264 g/mol. The Labute approximate surface area is 108 Å². The molecule has 3 amide bonds. The summed E-state index contributed by atoms with van der Waals surface area (Å²) in [6.07, 6.45) is 1.03. The van der Waals surface area contributed by atoms with Crippen LogP contribution in [-0.2, 0) is 4.79 Å². The van der Waals surface area contributed by atoms with Crippen LogP contribution in [0.5, 0.6) is 0 Å². The van der Waals surface area contributed by atoms with Gasteiger partial charge in [-0.1, -0.05) is 13.8 Å². The minimum Gasteiger partial charge on any atom is -0.338 e. The number of nitrogens with one attached hydrogen (secondary N) is 2. The standard InChI is InChI=1S/C11H22ClN3O2/c1-3-15(4-2)9-5-8-13-11(17)14-10(16)6-7-12/h3-9H2,1-2H3,(H2,13,14,16,17). The molecule has 100 valence electrons. The van der Waals surface area contributed by atoms with Crippen molar-refractivity contribution in [1.29, 1.82) is 0 Å². The van der Waals surface area contributed by atoms with Crippen molar-refractivity contribution < 1.29 is 9.59 Å². The number of imide groups is 1. The van der Waals surface area contributed by atoms with Gasteiger partial charge in [0, 0.05) is 18.8 Å². The summed E-state index contributed by atoms with van der Waals surface area (Å²) in [6.45, 7) is 7.75. The molecule has 0 fully saturated rings. The molecular formula is C11H22ClN3O2. The lowest BCUT2D eigenvalue weighted by atomic mass is 10.3. The lowest BCUT2D eigenvalue weighted by molar-refractivity contribution is -0.119. The predicted molar refractivity (Wildman–Crippen MR) is 69.3 cm³/mol. The normalized spacial score (nSPS) is 10.4. The molecule has 0 spiro atoms. The van der Waals surface area contributed by atoms with E-state index in [9.17, 15) is 9.59 Å². The number of hydrogen-bond acceptors (Lipinski definition) is 3. The zero-order chi connectivity index (χ0) is 13.1. The maximum absolute atomic E-state index is 11.2. The van der Waals surface area contributed by atoms with Gasteiger partial charge in [-0.05, 0) is 26.1 Å². The van der Waals surface area contributed by atoms with Crippen LogP contribution in [0, 0.1) is 0 Å². The molecule has 0 aromatic carbocycles. The smallest absolute Gasteiger partial charge is 0.321 e. The minimum atomic E-state index is -0.445. The van der Waals surface area contributed by atoms with Crippen molar-refractivity contribution in [2.24, 2.45) is 0 Å². The summed E-state index contributed by atoms with van der Waals surface area (Å²) >= 11 is 5.38. The number of carbonyl (C=O) groups is 2. The lowest BCUT2D eigenvalue weighted by Gasteiger charge is -2.17. The van der Waals surface area contributed by atoms with E-state index in [2.05, 4.69) is 29.4 Å². The van der Waals surface area contributed by atoms with Gasteiger partial charge in [0.1, 0.15) is 0 Å². The quantitative estimate of drug-likeness (QED) is 0.511. The van der Waals surface area contributed by atoms with Gasteiger partial charge in [-0.3, -0.25) is 10.1 Å². The Kier molecular flexibility index (Phi) is 9.86. The summed E-state index contributed by atoms with van der Waals surface area (Å²) in [5, 5.41) is 4.84. The molecule has 0 unspecified atom stereocenters. The van der Waals surface area contributed by atoms with E-state index in [0.717, 1.165) is 26.1 Å². The number of halogens is 1. The van der Waals surface area contributed by atoms with Gasteiger partial charge in [-0.2, -0.15) is 0 Å². The zero-order valence-electron chi connectivity index (χ0n) is 10.6. The molecule has 0 saturated carbocycles. The molecule has 6 heteroatoms. The second kappa shape index (κ2) is 10.4. The summed E-state index contributed by atoms with van der Waals surface area (Å²) in [6, 6.07) is -0.445. The number of hydrogen-bond donors (Lipinski definition) is 2. The fraction of sp³-hybridized carbons (Fsp3) is 0.818. The Morgan fingerprint density at radius 1 is 1.24 bits per heavy atom. The molecule has 17 heavy (non-hydrogen) atoms. The Morgan fingerprint density at radius 2 is 1.88 bits per heavy atom. The maximum atomic E-state index is 11.2. The SMILES string of the molecule is CCN(CC)CCCNC(=O)NC(=O)CCCl. The van der Waals surface area contributed by atoms with E-state index in [1.54, 1.807) is 0 Å². The molecule has 0 heterocycles. The van der Waals surface area contributed by atoms with E-state index >= 15 is 0 Å². The highest BCUT2D eigenvalue weighted by molar-refractivity contribution is 6.19. The van der Waals surface area contributed by atoms with E-state index in [4.69, 9.17) is 11.6 Å². The molecule has 0 aliphatic heterocycles. The van der Waals surface area contributed by atoms with Gasteiger partial charge in [0.2, 0.25) is 5.91 Å². The van der Waals surface area contributed by atoms with Gasteiger partial charge in [0.15, 0.2) is 0 Å². The summed E-state index contributed by atoms with van der Waals surface area (Å²) in [5.74, 6) is -0.123. The first-order valence-corrected chi connectivity index (χ1v) is 6.53. The average Bonchev–Trinajstić information content (AvgIpc) is 2.29. The van der Waals surface area contributed by atoms with Gasteiger partial charge in [0.05, 0.1) is 0 Å². The lowest BCUT2D eigenvalue weighted by Crippen LogP contribution is -2.40. The zero-order valence-corrected chi connectivity index (χ0v) is 11.3. The molecular weight excluding hydrogens is 242 g/mol. The molecule has 0 radical (unpaired) electrons. The second-order valence-corrected chi connectivity index (χ2v) is 4.00. The molecule has 5 nitrogen and oxygen atoms in total. The Balaban J connectivity index is 3.54. The van der Waals surface area contributed by atoms with Crippen LogP contribution in [0.15, 0.2) is 0 Å². The first kappa shape index (κ1) is 16.2. The fourth-order valence-electron chi connectivity index (χ4n) is 1.36. The Morgan fingerprint density at radius 3 is 2.41 bits per heavy atom. The molecule has 0 aliphatic rings. The van der Waals surface area contributed by atoms with Crippen molar-refractivity contribution >= 4 is 23.5 Å². The number of carbonyl (C=O) groups excluding carboxylic acids is 2. The van der Waals surface area contributed by atoms with Crippen LogP contribution < -0.4 is 10.6 Å². The molecule has 0 atom stereocenters. The molecule has 0 aromatic heterocycles. The van der Waals surface area contributed by atoms with Crippen LogP contribution in [0.2, 0.25) is 0 Å². The van der Waals surface area contributed by atoms with Gasteiger partial charge in [0.25, 0.3) is 0 Å². The summed E-state index contributed by atoms with van der Waals surface area (Å²) in [5.41, 5.74) is 0. The molecule has 0 bridgehead atoms. The van der Waals surface area contributed by atoms with Crippen molar-refractivity contribution in [3.8, 4) is 0 Å². The third-order valence-corrected chi connectivity index (χ3v) is 2.59. The van der Waals surface area contributed by atoms with Crippen LogP contribution in [0.25, 0.3) is 0 Å². The number of urea groups is 1. The van der Waals surface area contributed by atoms with Crippen molar-refractivity contribution in [2.75, 3.05) is 32.1 Å². The molecule has 0 aliphatic carbocycles. The van der Waals surface area contributed by atoms with Crippen molar-refractivity contribution in [2.45, 2.75) is 26.7 Å². The van der Waals surface area contributed by atoms with Crippen LogP contribution >= 0.6 is 11.6 Å². The first-order valence-electron chi connectivity index (χ1n) is 6.00. The van der Waals surface area contributed by atoms with E-state index in [0.29, 0.717) is 6.54 Å². The van der Waals surface area contributed by atoms with E-state index < -0.39 is 6.03 Å². The summed E-state index contributed by atoms with van der Waals surface area (Å²) in [7, 11) is 0. The van der Waals surface area contributed by atoms with Crippen molar-refractivity contribution in [3.63, 3.8) is 0 Å². The first-order chi connectivity index (χ1) is 8.13. The molecule has 0 rings (SSSR count). The van der Waals surface area contributed by atoms with Gasteiger partial charge in [-0.25, -0.2) is 4.79 Å². The topological polar surface area (TPSA) is 61.4 Å². The monoisotopic (exact) mass is 263 g/mol. The molecule has 2 N–H and O–H groups in total. The molecule has 0 saturated heterocycles. The predicted octanol–water partition coefficient (Wildman–Crippen LogP) is 1.17. The number of amides is 3. The van der Waals surface area contributed by atoms with Crippen LogP contribution in [0.4, 0.5) is 4.79 Å². The third-order valence-electron chi connectivity index (χ3n) is 2.41. The van der Waals surface area contributed by atoms with Crippen LogP contribution in [-0.4, -0.2) is 48.9 Å². The van der Waals surface area contributed by atoms with Crippen LogP contribution in [0.1, 0.15) is 26.7 Å². The maximum Gasteiger partial charge on any atom is 0.321 e. The van der Waals surface area contributed by atoms with Crippen LogP contribution in [0.3, 0.4) is 0 Å². The highest BCUT2D eigenvalue weighted by atomic mass is 35.5. The highest BCUT2D eigenvalue weighted by Crippen LogP contribution is 1.89. The summed E-state index contributed by atoms with van der Waals surface area (Å²) < 4.78 is 0. The molecule has 0 aromatic rings. The number of rotatable bonds is 8. The highest BCUT2D eigenvalue weighted by Gasteiger charge is 2.06. The second-order valence-electron chi connectivity index (χ2n) is 3.62. The van der Waals surface area contributed by atoms with E-state index in [1.165, 1.54) is 0 Å². The largest absolute Gasteiger partial charge is 0.338 e.